The van der Waals surface area contributed by atoms with Crippen LogP contribution in [0.25, 0.3) is 0 Å². The van der Waals surface area contributed by atoms with Gasteiger partial charge in [-0.2, -0.15) is 0 Å². The van der Waals surface area contributed by atoms with Crippen LogP contribution in [0.1, 0.15) is 39.0 Å². The Hall–Kier alpha value is -0.650. The average Bonchev–Trinajstić information content (AvgIpc) is 2.48. The fourth-order valence-electron chi connectivity index (χ4n) is 3.15. The highest BCUT2D eigenvalue weighted by molar-refractivity contribution is 5.76. The Morgan fingerprint density at radius 2 is 2.10 bits per heavy atom. The Labute approximate surface area is 122 Å². The van der Waals surface area contributed by atoms with Crippen molar-refractivity contribution in [2.45, 2.75) is 51.2 Å². The minimum absolute atomic E-state index is 0.146. The van der Waals surface area contributed by atoms with Gasteiger partial charge >= 0.3 is 0 Å². The van der Waals surface area contributed by atoms with Gasteiger partial charge in [0.15, 0.2) is 0 Å². The lowest BCUT2D eigenvalue weighted by atomic mass is 9.84. The zero-order valence-corrected chi connectivity index (χ0v) is 12.6. The summed E-state index contributed by atoms with van der Waals surface area (Å²) in [6.45, 7) is 6.56. The van der Waals surface area contributed by atoms with Crippen molar-refractivity contribution >= 4 is 5.91 Å². The number of amides is 1. The topological polar surface area (TPSA) is 67.6 Å². The zero-order chi connectivity index (χ0) is 14.4. The van der Waals surface area contributed by atoms with Crippen LogP contribution < -0.4 is 11.1 Å². The van der Waals surface area contributed by atoms with E-state index in [1.54, 1.807) is 0 Å². The van der Waals surface area contributed by atoms with E-state index in [9.17, 15) is 4.79 Å². The largest absolute Gasteiger partial charge is 0.374 e. The van der Waals surface area contributed by atoms with Gasteiger partial charge in [0, 0.05) is 32.1 Å². The molecule has 0 spiro atoms. The van der Waals surface area contributed by atoms with Gasteiger partial charge in [-0.15, -0.1) is 0 Å². The van der Waals surface area contributed by atoms with E-state index in [0.717, 1.165) is 51.9 Å². The van der Waals surface area contributed by atoms with Crippen LogP contribution in [0.4, 0.5) is 0 Å². The molecular weight excluding hydrogens is 254 g/mol. The van der Waals surface area contributed by atoms with Crippen LogP contribution >= 0.6 is 0 Å². The number of ether oxygens (including phenoxy) is 1. The zero-order valence-electron chi connectivity index (χ0n) is 12.6. The van der Waals surface area contributed by atoms with Gasteiger partial charge in [-0.3, -0.25) is 9.69 Å². The molecule has 116 valence electrons. The Morgan fingerprint density at radius 1 is 1.35 bits per heavy atom. The quantitative estimate of drug-likeness (QED) is 0.780. The number of rotatable bonds is 5. The lowest BCUT2D eigenvalue weighted by Gasteiger charge is -2.32. The van der Waals surface area contributed by atoms with Gasteiger partial charge in [0.25, 0.3) is 0 Å². The number of nitrogens with two attached hydrogens (primary N) is 1. The van der Waals surface area contributed by atoms with Gasteiger partial charge in [-0.1, -0.05) is 6.92 Å². The molecule has 1 unspecified atom stereocenters. The Morgan fingerprint density at radius 3 is 2.80 bits per heavy atom. The number of nitrogens with zero attached hydrogens (tertiary/aromatic N) is 1. The highest BCUT2D eigenvalue weighted by Crippen LogP contribution is 2.25. The summed E-state index contributed by atoms with van der Waals surface area (Å²) in [6, 6.07) is 0.352. The average molecular weight is 283 g/mol. The highest BCUT2D eigenvalue weighted by Gasteiger charge is 2.23. The van der Waals surface area contributed by atoms with Crippen molar-refractivity contribution in [3.05, 3.63) is 0 Å². The smallest absolute Gasteiger partial charge is 0.220 e. The highest BCUT2D eigenvalue weighted by atomic mass is 16.5. The molecule has 2 fully saturated rings. The van der Waals surface area contributed by atoms with Crippen LogP contribution in [0.5, 0.6) is 0 Å². The third-order valence-electron chi connectivity index (χ3n) is 4.56. The molecule has 2 rings (SSSR count). The van der Waals surface area contributed by atoms with E-state index in [1.807, 2.05) is 0 Å². The van der Waals surface area contributed by atoms with Gasteiger partial charge in [-0.25, -0.2) is 0 Å². The fraction of sp³-hybridized carbons (Fsp3) is 0.933. The van der Waals surface area contributed by atoms with Crippen LogP contribution in [0.2, 0.25) is 0 Å². The Bertz CT molecular complexity index is 303. The standard InChI is InChI=1S/C15H29N3O2/c1-2-18-7-8-20-14(11-18)10-17-15(19)9-12-3-5-13(16)6-4-12/h12-14H,2-11,16H2,1H3,(H,17,19). The van der Waals surface area contributed by atoms with Crippen molar-refractivity contribution < 1.29 is 9.53 Å². The minimum atomic E-state index is 0.146. The molecule has 0 bridgehead atoms. The first-order chi connectivity index (χ1) is 9.67. The van der Waals surface area contributed by atoms with E-state index in [0.29, 0.717) is 24.9 Å². The van der Waals surface area contributed by atoms with Crippen molar-refractivity contribution in [1.29, 1.82) is 0 Å². The lowest BCUT2D eigenvalue weighted by molar-refractivity contribution is -0.123. The predicted molar refractivity (Wildman–Crippen MR) is 79.4 cm³/mol. The molecule has 20 heavy (non-hydrogen) atoms. The van der Waals surface area contributed by atoms with Gasteiger partial charge in [0.2, 0.25) is 5.91 Å². The molecule has 1 aliphatic heterocycles. The number of carbonyl (C=O) groups is 1. The maximum absolute atomic E-state index is 12.0. The summed E-state index contributed by atoms with van der Waals surface area (Å²) in [5.41, 5.74) is 5.89. The number of hydrogen-bond acceptors (Lipinski definition) is 4. The maximum Gasteiger partial charge on any atom is 0.220 e. The number of hydrogen-bond donors (Lipinski definition) is 2. The molecule has 1 saturated carbocycles. The van der Waals surface area contributed by atoms with E-state index < -0.39 is 0 Å². The second kappa shape index (κ2) is 7.96. The molecule has 1 aliphatic carbocycles. The molecule has 1 atom stereocenters. The normalized spacial score (nSPS) is 32.0. The molecule has 1 heterocycles. The number of likely N-dealkylation sites (N-methyl/N-ethyl adjacent to an activating group) is 1. The van der Waals surface area contributed by atoms with E-state index in [4.69, 9.17) is 10.5 Å². The molecule has 1 amide bonds. The van der Waals surface area contributed by atoms with Crippen LogP contribution in [0, 0.1) is 5.92 Å². The molecule has 1 saturated heterocycles. The van der Waals surface area contributed by atoms with Crippen LogP contribution in [0.15, 0.2) is 0 Å². The summed E-state index contributed by atoms with van der Waals surface area (Å²) in [5, 5.41) is 3.03. The first-order valence-corrected chi connectivity index (χ1v) is 8.03. The van der Waals surface area contributed by atoms with Crippen molar-refractivity contribution in [3.63, 3.8) is 0 Å². The van der Waals surface area contributed by atoms with E-state index >= 15 is 0 Å². The second-order valence-electron chi connectivity index (χ2n) is 6.18. The van der Waals surface area contributed by atoms with Crippen molar-refractivity contribution in [3.8, 4) is 0 Å². The molecular formula is C15H29N3O2. The predicted octanol–water partition coefficient (Wildman–Crippen LogP) is 0.731. The molecule has 3 N–H and O–H groups in total. The van der Waals surface area contributed by atoms with E-state index in [-0.39, 0.29) is 12.0 Å². The monoisotopic (exact) mass is 283 g/mol. The number of carbonyl (C=O) groups excluding carboxylic acids is 1. The van der Waals surface area contributed by atoms with Gasteiger partial charge < -0.3 is 15.8 Å². The molecule has 0 aromatic carbocycles. The summed E-state index contributed by atoms with van der Waals surface area (Å²) in [6.07, 6.45) is 5.12. The third-order valence-corrected chi connectivity index (χ3v) is 4.56. The lowest BCUT2D eigenvalue weighted by Crippen LogP contribution is -2.47. The Kier molecular flexibility index (Phi) is 6.26. The molecule has 5 nitrogen and oxygen atoms in total. The molecule has 5 heteroatoms. The van der Waals surface area contributed by atoms with Crippen LogP contribution in [-0.2, 0) is 9.53 Å². The van der Waals surface area contributed by atoms with Crippen molar-refractivity contribution in [1.82, 2.24) is 10.2 Å². The summed E-state index contributed by atoms with van der Waals surface area (Å²) >= 11 is 0. The summed E-state index contributed by atoms with van der Waals surface area (Å²) < 4.78 is 5.69. The SMILES string of the molecule is CCN1CCOC(CNC(=O)CC2CCC(N)CC2)C1. The molecule has 2 aliphatic rings. The Balaban J connectivity index is 1.62. The maximum atomic E-state index is 12.0. The van der Waals surface area contributed by atoms with Gasteiger partial charge in [0.1, 0.15) is 0 Å². The first-order valence-electron chi connectivity index (χ1n) is 8.03. The number of morpholine rings is 1. The second-order valence-corrected chi connectivity index (χ2v) is 6.18. The first kappa shape index (κ1) is 15.7. The summed E-state index contributed by atoms with van der Waals surface area (Å²) in [7, 11) is 0. The number of nitrogens with one attached hydrogen (secondary N) is 1. The summed E-state index contributed by atoms with van der Waals surface area (Å²) in [5.74, 6) is 0.692. The fourth-order valence-corrected chi connectivity index (χ4v) is 3.15. The minimum Gasteiger partial charge on any atom is -0.374 e. The van der Waals surface area contributed by atoms with Gasteiger partial charge in [0.05, 0.1) is 12.7 Å². The van der Waals surface area contributed by atoms with Crippen molar-refractivity contribution in [2.24, 2.45) is 11.7 Å². The van der Waals surface area contributed by atoms with Crippen LogP contribution in [0.3, 0.4) is 0 Å². The van der Waals surface area contributed by atoms with Crippen LogP contribution in [-0.4, -0.2) is 55.7 Å². The van der Waals surface area contributed by atoms with Crippen molar-refractivity contribution in [2.75, 3.05) is 32.8 Å². The van der Waals surface area contributed by atoms with Gasteiger partial charge in [-0.05, 0) is 38.1 Å². The molecule has 0 radical (unpaired) electrons. The summed E-state index contributed by atoms with van der Waals surface area (Å²) in [4.78, 5) is 14.3. The third kappa shape index (κ3) is 5.04. The van der Waals surface area contributed by atoms with E-state index in [1.165, 1.54) is 0 Å². The van der Waals surface area contributed by atoms with E-state index in [2.05, 4.69) is 17.1 Å². The molecule has 0 aromatic heterocycles. The molecule has 0 aromatic rings.